The van der Waals surface area contributed by atoms with E-state index < -0.39 is 5.97 Å². The van der Waals surface area contributed by atoms with Crippen LogP contribution in [0.1, 0.15) is 21.7 Å². The summed E-state index contributed by atoms with van der Waals surface area (Å²) in [7, 11) is 0. The summed E-state index contributed by atoms with van der Waals surface area (Å²) < 4.78 is 11.1. The van der Waals surface area contributed by atoms with E-state index in [2.05, 4.69) is 14.7 Å². The van der Waals surface area contributed by atoms with Crippen molar-refractivity contribution in [1.29, 1.82) is 0 Å². The van der Waals surface area contributed by atoms with Gasteiger partial charge in [0.15, 0.2) is 0 Å². The molecule has 0 unspecified atom stereocenters. The Hall–Kier alpha value is -2.25. The van der Waals surface area contributed by atoms with Crippen molar-refractivity contribution in [2.24, 2.45) is 0 Å². The van der Waals surface area contributed by atoms with Crippen LogP contribution >= 0.6 is 23.1 Å². The molecule has 3 rings (SSSR count). The number of halogens is 1. The van der Waals surface area contributed by atoms with Gasteiger partial charge in [0.1, 0.15) is 16.6 Å². The van der Waals surface area contributed by atoms with Gasteiger partial charge in [-0.25, -0.2) is 9.48 Å². The van der Waals surface area contributed by atoms with Crippen molar-refractivity contribution in [2.75, 3.05) is 0 Å². The summed E-state index contributed by atoms with van der Waals surface area (Å²) in [4.78, 5) is 12.0. The smallest absolute Gasteiger partial charge is 0.338 e. The molecule has 0 radical (unpaired) electrons. The average molecular weight is 335 g/mol. The molecule has 0 spiro atoms. The molecule has 0 fully saturated rings. The largest absolute Gasteiger partial charge is 0.455 e. The predicted molar refractivity (Wildman–Crippen MR) is 82.3 cm³/mol. The number of hydrogen-bond acceptors (Lipinski definition) is 6. The summed E-state index contributed by atoms with van der Waals surface area (Å²) in [5.74, 6) is -0.437. The molecule has 22 heavy (non-hydrogen) atoms. The van der Waals surface area contributed by atoms with Crippen LogP contribution in [0.3, 0.4) is 0 Å². The van der Waals surface area contributed by atoms with Gasteiger partial charge < -0.3 is 4.74 Å². The summed E-state index contributed by atoms with van der Waals surface area (Å²) >= 11 is 6.91. The van der Waals surface area contributed by atoms with Gasteiger partial charge in [0.2, 0.25) is 0 Å². The predicted octanol–water partition coefficient (Wildman–Crippen LogP) is 3.04. The van der Waals surface area contributed by atoms with Crippen LogP contribution < -0.4 is 0 Å². The molecule has 0 aliphatic carbocycles. The number of rotatable bonds is 4. The van der Waals surface area contributed by atoms with Crippen LogP contribution in [-0.4, -0.2) is 25.3 Å². The number of hydrogen-bond donors (Lipinski definition) is 0. The second-order valence-electron chi connectivity index (χ2n) is 4.50. The third-order valence-electron chi connectivity index (χ3n) is 3.03. The molecule has 2 aromatic heterocycles. The van der Waals surface area contributed by atoms with E-state index in [-0.39, 0.29) is 6.61 Å². The zero-order valence-corrected chi connectivity index (χ0v) is 13.1. The van der Waals surface area contributed by atoms with E-state index in [0.717, 1.165) is 22.9 Å². The minimum atomic E-state index is -0.437. The standard InChI is InChI=1S/C14H11ClN4O2S/c1-9-6-7-16-19(9)11-4-2-10(3-5-11)14(20)21-8-12-13(15)22-18-17-12/h2-7H,8H2,1H3. The molecule has 0 saturated heterocycles. The Morgan fingerprint density at radius 3 is 2.68 bits per heavy atom. The van der Waals surface area contributed by atoms with Gasteiger partial charge in [-0.15, -0.1) is 5.10 Å². The first-order valence-corrected chi connectivity index (χ1v) is 7.55. The zero-order valence-electron chi connectivity index (χ0n) is 11.6. The Balaban J connectivity index is 1.69. The fraction of sp³-hybridized carbons (Fsp3) is 0.143. The van der Waals surface area contributed by atoms with Crippen LogP contribution in [0, 0.1) is 6.92 Å². The fourth-order valence-electron chi connectivity index (χ4n) is 1.88. The first kappa shape index (κ1) is 14.7. The SMILES string of the molecule is Cc1ccnn1-c1ccc(C(=O)OCc2nnsc2Cl)cc1. The Labute approximate surface area is 135 Å². The molecular formula is C14H11ClN4O2S. The van der Waals surface area contributed by atoms with E-state index in [1.54, 1.807) is 23.0 Å². The molecule has 0 N–H and O–H groups in total. The maximum atomic E-state index is 12.0. The van der Waals surface area contributed by atoms with E-state index in [0.29, 0.717) is 15.6 Å². The third kappa shape index (κ3) is 3.00. The minimum absolute atomic E-state index is 0.00812. The van der Waals surface area contributed by atoms with E-state index >= 15 is 0 Å². The van der Waals surface area contributed by atoms with Gasteiger partial charge in [0.25, 0.3) is 0 Å². The summed E-state index contributed by atoms with van der Waals surface area (Å²) in [6, 6.07) is 8.93. The van der Waals surface area contributed by atoms with Crippen LogP contribution in [0.5, 0.6) is 0 Å². The van der Waals surface area contributed by atoms with Crippen molar-refractivity contribution >= 4 is 29.1 Å². The molecule has 1 aromatic carbocycles. The number of esters is 1. The average Bonchev–Trinajstić information content (AvgIpc) is 3.13. The second-order valence-corrected chi connectivity index (χ2v) is 5.86. The molecule has 3 aromatic rings. The van der Waals surface area contributed by atoms with Gasteiger partial charge >= 0.3 is 5.97 Å². The molecule has 6 nitrogen and oxygen atoms in total. The van der Waals surface area contributed by atoms with E-state index in [4.69, 9.17) is 16.3 Å². The lowest BCUT2D eigenvalue weighted by atomic mass is 10.2. The van der Waals surface area contributed by atoms with Gasteiger partial charge in [-0.1, -0.05) is 16.1 Å². The number of aryl methyl sites for hydroxylation is 1. The van der Waals surface area contributed by atoms with E-state index in [1.165, 1.54) is 0 Å². The monoisotopic (exact) mass is 334 g/mol. The molecule has 0 atom stereocenters. The van der Waals surface area contributed by atoms with Crippen molar-refractivity contribution in [3.63, 3.8) is 0 Å². The zero-order chi connectivity index (χ0) is 15.5. The van der Waals surface area contributed by atoms with Gasteiger partial charge in [0, 0.05) is 23.4 Å². The topological polar surface area (TPSA) is 69.9 Å². The molecule has 0 saturated carbocycles. The van der Waals surface area contributed by atoms with E-state index in [1.807, 2.05) is 25.1 Å². The molecule has 0 aliphatic heterocycles. The number of ether oxygens (including phenoxy) is 1. The van der Waals surface area contributed by atoms with Crippen molar-refractivity contribution in [2.45, 2.75) is 13.5 Å². The maximum absolute atomic E-state index is 12.0. The lowest BCUT2D eigenvalue weighted by Gasteiger charge is -2.06. The molecule has 0 bridgehead atoms. The van der Waals surface area contributed by atoms with Crippen molar-refractivity contribution in [3.05, 3.63) is 57.8 Å². The van der Waals surface area contributed by atoms with Crippen LogP contribution in [0.2, 0.25) is 4.34 Å². The van der Waals surface area contributed by atoms with Crippen LogP contribution in [0.25, 0.3) is 5.69 Å². The quantitative estimate of drug-likeness (QED) is 0.686. The van der Waals surface area contributed by atoms with Gasteiger partial charge in [0.05, 0.1) is 11.3 Å². The van der Waals surface area contributed by atoms with Crippen molar-refractivity contribution < 1.29 is 9.53 Å². The highest BCUT2D eigenvalue weighted by Gasteiger charge is 2.11. The first-order chi connectivity index (χ1) is 10.6. The highest BCUT2D eigenvalue weighted by Crippen LogP contribution is 2.18. The maximum Gasteiger partial charge on any atom is 0.338 e. The summed E-state index contributed by atoms with van der Waals surface area (Å²) in [5.41, 5.74) is 2.81. The van der Waals surface area contributed by atoms with Crippen LogP contribution in [0.15, 0.2) is 36.5 Å². The van der Waals surface area contributed by atoms with Gasteiger partial charge in [-0.05, 0) is 37.3 Å². The Kier molecular flexibility index (Phi) is 4.17. The molecule has 112 valence electrons. The Morgan fingerprint density at radius 2 is 2.09 bits per heavy atom. The van der Waals surface area contributed by atoms with Gasteiger partial charge in [-0.2, -0.15) is 5.10 Å². The Morgan fingerprint density at radius 1 is 1.32 bits per heavy atom. The molecule has 2 heterocycles. The number of benzene rings is 1. The molecule has 0 aliphatic rings. The summed E-state index contributed by atoms with van der Waals surface area (Å²) in [5, 5.41) is 8.00. The summed E-state index contributed by atoms with van der Waals surface area (Å²) in [6.07, 6.45) is 1.73. The highest BCUT2D eigenvalue weighted by molar-refractivity contribution is 7.10. The lowest BCUT2D eigenvalue weighted by molar-refractivity contribution is 0.0468. The number of carbonyl (C=O) groups is 1. The highest BCUT2D eigenvalue weighted by atomic mass is 35.5. The number of aromatic nitrogens is 4. The molecule has 8 heteroatoms. The van der Waals surface area contributed by atoms with E-state index in [9.17, 15) is 4.79 Å². The number of nitrogens with zero attached hydrogens (tertiary/aromatic N) is 4. The minimum Gasteiger partial charge on any atom is -0.455 e. The third-order valence-corrected chi connectivity index (χ3v) is 4.01. The molecular weight excluding hydrogens is 324 g/mol. The van der Waals surface area contributed by atoms with Crippen LogP contribution in [-0.2, 0) is 11.3 Å². The number of carbonyl (C=O) groups excluding carboxylic acids is 1. The molecule has 0 amide bonds. The summed E-state index contributed by atoms with van der Waals surface area (Å²) in [6.45, 7) is 1.97. The van der Waals surface area contributed by atoms with Crippen molar-refractivity contribution in [1.82, 2.24) is 19.4 Å². The normalized spacial score (nSPS) is 10.6. The Bertz CT molecular complexity index is 797. The van der Waals surface area contributed by atoms with Gasteiger partial charge in [-0.3, -0.25) is 0 Å². The first-order valence-electron chi connectivity index (χ1n) is 6.40. The lowest BCUT2D eigenvalue weighted by Crippen LogP contribution is -2.06. The fourth-order valence-corrected chi connectivity index (χ4v) is 2.48. The van der Waals surface area contributed by atoms with Crippen molar-refractivity contribution in [3.8, 4) is 5.69 Å². The second kappa shape index (κ2) is 6.25. The van der Waals surface area contributed by atoms with Crippen LogP contribution in [0.4, 0.5) is 0 Å².